The monoisotopic (exact) mass is 322 g/mol. The van der Waals surface area contributed by atoms with Crippen molar-refractivity contribution in [3.63, 3.8) is 0 Å². The van der Waals surface area contributed by atoms with Crippen LogP contribution in [0.5, 0.6) is 0 Å². The molecule has 1 aromatic carbocycles. The zero-order chi connectivity index (χ0) is 15.5. The Kier molecular flexibility index (Phi) is 4.66. The molecule has 22 heavy (non-hydrogen) atoms. The van der Waals surface area contributed by atoms with Crippen LogP contribution in [0, 0.1) is 17.7 Å². The summed E-state index contributed by atoms with van der Waals surface area (Å²) < 4.78 is 19.0. The van der Waals surface area contributed by atoms with Crippen LogP contribution in [-0.2, 0) is 4.74 Å². The quantitative estimate of drug-likeness (QED) is 0.803. The fraction of sp³-hybridized carbons (Fsp3) is 0.500. The number of anilines is 1. The largest absolute Gasteiger partial charge is 0.465 e. The van der Waals surface area contributed by atoms with Crippen molar-refractivity contribution in [2.75, 3.05) is 24.7 Å². The Hall–Kier alpha value is -1.56. The predicted octanol–water partition coefficient (Wildman–Crippen LogP) is 3.57. The third kappa shape index (κ3) is 3.11. The standard InChI is InChI=1S/C16H19FN2O2S/c1-21-16(20)12-5-13(17)15-14(6-12)22-8-11-4-2-3-10(11)7-18-9-19-15/h5-6,9-11H,2-4,7-8H2,1H3,(H,18,19)/t10?,11-/m0/s1. The number of nitrogens with zero attached hydrogens (tertiary/aromatic N) is 1. The first-order chi connectivity index (χ1) is 10.7. The fourth-order valence-corrected chi connectivity index (χ4v) is 4.48. The molecule has 1 N–H and O–H groups in total. The second kappa shape index (κ2) is 6.69. The lowest BCUT2D eigenvalue weighted by Gasteiger charge is -2.20. The summed E-state index contributed by atoms with van der Waals surface area (Å²) >= 11 is 1.61. The average Bonchev–Trinajstić information content (AvgIpc) is 2.97. The summed E-state index contributed by atoms with van der Waals surface area (Å²) in [6, 6.07) is 2.90. The van der Waals surface area contributed by atoms with E-state index in [0.29, 0.717) is 17.5 Å². The lowest BCUT2D eigenvalue weighted by atomic mass is 9.98. The number of carbonyl (C=O) groups excluding carboxylic acids is 1. The number of hydrogen-bond acceptors (Lipinski definition) is 5. The summed E-state index contributed by atoms with van der Waals surface area (Å²) in [5.41, 5.74) is 0.628. The summed E-state index contributed by atoms with van der Waals surface area (Å²) in [6.45, 7) is 0.801. The minimum absolute atomic E-state index is 0.241. The van der Waals surface area contributed by atoms with Crippen molar-refractivity contribution in [2.45, 2.75) is 24.2 Å². The molecule has 0 bridgehead atoms. The molecule has 0 saturated heterocycles. The lowest BCUT2D eigenvalue weighted by Crippen LogP contribution is -2.16. The molecule has 6 heteroatoms. The highest BCUT2D eigenvalue weighted by molar-refractivity contribution is 7.99. The number of halogens is 1. The molecule has 1 aromatic rings. The van der Waals surface area contributed by atoms with Crippen LogP contribution in [0.15, 0.2) is 22.0 Å². The zero-order valence-electron chi connectivity index (χ0n) is 12.5. The van der Waals surface area contributed by atoms with Gasteiger partial charge in [-0.05, 0) is 36.8 Å². The number of aliphatic imine (C=N–C) groups is 1. The summed E-state index contributed by atoms with van der Waals surface area (Å²) in [7, 11) is 1.30. The first kappa shape index (κ1) is 15.3. The molecule has 3 rings (SSSR count). The minimum atomic E-state index is -0.521. The van der Waals surface area contributed by atoms with Crippen LogP contribution in [0.1, 0.15) is 29.6 Å². The van der Waals surface area contributed by atoms with Crippen molar-refractivity contribution in [3.05, 3.63) is 23.5 Å². The van der Waals surface area contributed by atoms with Crippen LogP contribution in [0.4, 0.5) is 10.1 Å². The van der Waals surface area contributed by atoms with E-state index in [1.54, 1.807) is 24.2 Å². The number of benzene rings is 1. The number of hydrogen-bond donors (Lipinski definition) is 1. The maximum atomic E-state index is 14.3. The van der Waals surface area contributed by atoms with Crippen LogP contribution >= 0.6 is 11.8 Å². The molecule has 0 aromatic heterocycles. The van der Waals surface area contributed by atoms with E-state index >= 15 is 0 Å². The Morgan fingerprint density at radius 1 is 1.41 bits per heavy atom. The van der Waals surface area contributed by atoms with E-state index in [2.05, 4.69) is 10.3 Å². The van der Waals surface area contributed by atoms with E-state index in [-0.39, 0.29) is 5.56 Å². The van der Waals surface area contributed by atoms with Gasteiger partial charge in [-0.2, -0.15) is 0 Å². The fourth-order valence-electron chi connectivity index (χ4n) is 3.14. The molecule has 1 aliphatic heterocycles. The Balaban J connectivity index is 1.93. The second-order valence-corrected chi connectivity index (χ2v) is 6.79. The van der Waals surface area contributed by atoms with E-state index in [9.17, 15) is 9.18 Å². The predicted molar refractivity (Wildman–Crippen MR) is 86.3 cm³/mol. The maximum absolute atomic E-state index is 14.3. The van der Waals surface area contributed by atoms with Crippen molar-refractivity contribution >= 4 is 29.8 Å². The van der Waals surface area contributed by atoms with Gasteiger partial charge in [0.25, 0.3) is 0 Å². The molecule has 0 spiro atoms. The highest BCUT2D eigenvalue weighted by Gasteiger charge is 2.28. The lowest BCUT2D eigenvalue weighted by molar-refractivity contribution is 0.0600. The SMILES string of the molecule is COC(=O)c1cc(F)c2c(c1)SC[C@@H]1CCCC1CN=CN2. The van der Waals surface area contributed by atoms with E-state index in [1.807, 2.05) is 0 Å². The Bertz CT molecular complexity index is 606. The Labute approximate surface area is 133 Å². The number of nitrogens with one attached hydrogen (secondary N) is 1. The van der Waals surface area contributed by atoms with Gasteiger partial charge in [0.2, 0.25) is 0 Å². The molecular formula is C16H19FN2O2S. The topological polar surface area (TPSA) is 50.7 Å². The van der Waals surface area contributed by atoms with Crippen LogP contribution in [0.3, 0.4) is 0 Å². The Morgan fingerprint density at radius 3 is 3.05 bits per heavy atom. The minimum Gasteiger partial charge on any atom is -0.465 e. The number of ether oxygens (including phenoxy) is 1. The number of fused-ring (bicyclic) bond motifs is 2. The molecule has 0 radical (unpaired) electrons. The van der Waals surface area contributed by atoms with Gasteiger partial charge in [-0.1, -0.05) is 6.42 Å². The summed E-state index contributed by atoms with van der Waals surface area (Å²) in [5.74, 6) is 1.17. The molecule has 4 nitrogen and oxygen atoms in total. The van der Waals surface area contributed by atoms with E-state index in [4.69, 9.17) is 4.74 Å². The van der Waals surface area contributed by atoms with Crippen molar-refractivity contribution in [2.24, 2.45) is 16.8 Å². The van der Waals surface area contributed by atoms with Gasteiger partial charge < -0.3 is 10.1 Å². The van der Waals surface area contributed by atoms with Gasteiger partial charge in [0.1, 0.15) is 5.82 Å². The average molecular weight is 322 g/mol. The maximum Gasteiger partial charge on any atom is 0.337 e. The van der Waals surface area contributed by atoms with Gasteiger partial charge in [0.05, 0.1) is 24.7 Å². The summed E-state index contributed by atoms with van der Waals surface area (Å²) in [4.78, 5) is 16.8. The van der Waals surface area contributed by atoms with Gasteiger partial charge in [0.15, 0.2) is 0 Å². The van der Waals surface area contributed by atoms with Gasteiger partial charge in [0, 0.05) is 17.2 Å². The first-order valence-corrected chi connectivity index (χ1v) is 8.47. The van der Waals surface area contributed by atoms with E-state index in [1.165, 1.54) is 32.4 Å². The smallest absolute Gasteiger partial charge is 0.337 e. The molecule has 2 aliphatic rings. The highest BCUT2D eigenvalue weighted by Crippen LogP contribution is 2.39. The molecule has 1 heterocycles. The summed E-state index contributed by atoms with van der Waals surface area (Å²) in [6.07, 6.45) is 5.23. The summed E-state index contributed by atoms with van der Waals surface area (Å²) in [5, 5.41) is 2.93. The van der Waals surface area contributed by atoms with Crippen LogP contribution < -0.4 is 5.32 Å². The van der Waals surface area contributed by atoms with Gasteiger partial charge in [-0.25, -0.2) is 9.18 Å². The number of methoxy groups -OCH3 is 1. The molecule has 1 aliphatic carbocycles. The molecule has 1 saturated carbocycles. The van der Waals surface area contributed by atoms with Gasteiger partial charge in [-0.3, -0.25) is 4.99 Å². The van der Waals surface area contributed by atoms with Crippen LogP contribution in [0.2, 0.25) is 0 Å². The van der Waals surface area contributed by atoms with Crippen LogP contribution in [0.25, 0.3) is 0 Å². The van der Waals surface area contributed by atoms with Gasteiger partial charge in [-0.15, -0.1) is 11.8 Å². The third-order valence-electron chi connectivity index (χ3n) is 4.38. The molecule has 1 fully saturated rings. The normalized spacial score (nSPS) is 24.1. The molecule has 118 valence electrons. The zero-order valence-corrected chi connectivity index (χ0v) is 13.3. The van der Waals surface area contributed by atoms with Crippen molar-refractivity contribution in [1.82, 2.24) is 0 Å². The Morgan fingerprint density at radius 2 is 2.23 bits per heavy atom. The van der Waals surface area contributed by atoms with E-state index < -0.39 is 11.8 Å². The van der Waals surface area contributed by atoms with Crippen molar-refractivity contribution in [3.8, 4) is 0 Å². The second-order valence-electron chi connectivity index (χ2n) is 5.72. The molecule has 1 unspecified atom stereocenters. The molecular weight excluding hydrogens is 303 g/mol. The highest BCUT2D eigenvalue weighted by atomic mass is 32.2. The van der Waals surface area contributed by atoms with Crippen LogP contribution in [-0.4, -0.2) is 31.7 Å². The molecule has 0 amide bonds. The number of thioether (sulfide) groups is 1. The number of esters is 1. The van der Waals surface area contributed by atoms with Crippen molar-refractivity contribution < 1.29 is 13.9 Å². The van der Waals surface area contributed by atoms with Gasteiger partial charge >= 0.3 is 5.97 Å². The van der Waals surface area contributed by atoms with Crippen molar-refractivity contribution in [1.29, 1.82) is 0 Å². The first-order valence-electron chi connectivity index (χ1n) is 7.48. The molecule has 2 atom stereocenters. The number of carbonyl (C=O) groups is 1. The number of rotatable bonds is 1. The van der Waals surface area contributed by atoms with E-state index in [0.717, 1.165) is 17.2 Å². The third-order valence-corrected chi connectivity index (χ3v) is 5.61.